The topological polar surface area (TPSA) is 52.0 Å². The molecule has 3 nitrogen and oxygen atoms in total. The molecular weight excluding hydrogens is 200 g/mol. The van der Waals surface area contributed by atoms with Crippen molar-refractivity contribution < 1.29 is 4.52 Å². The Bertz CT molecular complexity index is 488. The van der Waals surface area contributed by atoms with Crippen molar-refractivity contribution in [3.63, 3.8) is 0 Å². The van der Waals surface area contributed by atoms with Gasteiger partial charge in [-0.3, -0.25) is 0 Å². The molecule has 3 heteroatoms. The van der Waals surface area contributed by atoms with Crippen LogP contribution in [0.25, 0.3) is 11.1 Å². The van der Waals surface area contributed by atoms with Gasteiger partial charge in [-0.05, 0) is 29.5 Å². The van der Waals surface area contributed by atoms with Crippen LogP contribution in [-0.2, 0) is 12.8 Å². The van der Waals surface area contributed by atoms with Gasteiger partial charge in [0.2, 0.25) is 5.88 Å². The van der Waals surface area contributed by atoms with E-state index in [0.29, 0.717) is 5.88 Å². The van der Waals surface area contributed by atoms with Gasteiger partial charge in [0.05, 0.1) is 11.8 Å². The van der Waals surface area contributed by atoms with Gasteiger partial charge in [0.25, 0.3) is 0 Å². The van der Waals surface area contributed by atoms with Crippen molar-refractivity contribution in [2.75, 3.05) is 5.73 Å². The summed E-state index contributed by atoms with van der Waals surface area (Å²) >= 11 is 0. The van der Waals surface area contributed by atoms with E-state index in [1.807, 2.05) is 0 Å². The molecule has 2 rings (SSSR count). The van der Waals surface area contributed by atoms with Gasteiger partial charge in [0, 0.05) is 0 Å². The molecule has 1 aromatic heterocycles. The average molecular weight is 216 g/mol. The number of nitrogens with two attached hydrogens (primary N) is 1. The molecule has 0 saturated heterocycles. The highest BCUT2D eigenvalue weighted by molar-refractivity contribution is 5.75. The average Bonchev–Trinajstić information content (AvgIpc) is 2.74. The van der Waals surface area contributed by atoms with Crippen molar-refractivity contribution in [2.45, 2.75) is 26.7 Å². The van der Waals surface area contributed by atoms with Crippen molar-refractivity contribution in [2.24, 2.45) is 0 Å². The first-order valence-electron chi connectivity index (χ1n) is 5.58. The molecule has 2 aromatic rings. The summed E-state index contributed by atoms with van der Waals surface area (Å²) in [5.74, 6) is 0.392. The Balaban J connectivity index is 2.57. The minimum atomic E-state index is 0.392. The van der Waals surface area contributed by atoms with Crippen LogP contribution in [0.4, 0.5) is 5.88 Å². The van der Waals surface area contributed by atoms with Gasteiger partial charge in [-0.25, -0.2) is 0 Å². The van der Waals surface area contributed by atoms with Crippen LogP contribution < -0.4 is 5.73 Å². The molecule has 1 aromatic carbocycles. The van der Waals surface area contributed by atoms with Crippen LogP contribution in [0.2, 0.25) is 0 Å². The maximum Gasteiger partial charge on any atom is 0.229 e. The van der Waals surface area contributed by atoms with Gasteiger partial charge in [-0.2, -0.15) is 0 Å². The van der Waals surface area contributed by atoms with E-state index in [9.17, 15) is 0 Å². The van der Waals surface area contributed by atoms with Crippen LogP contribution >= 0.6 is 0 Å². The third-order valence-corrected chi connectivity index (χ3v) is 2.85. The minimum Gasteiger partial charge on any atom is -0.367 e. The Labute approximate surface area is 95.3 Å². The molecule has 0 amide bonds. The summed E-state index contributed by atoms with van der Waals surface area (Å²) < 4.78 is 4.92. The Morgan fingerprint density at radius 3 is 2.56 bits per heavy atom. The van der Waals surface area contributed by atoms with Crippen LogP contribution in [-0.4, -0.2) is 5.16 Å². The summed E-state index contributed by atoms with van der Waals surface area (Å²) in [5.41, 5.74) is 10.4. The molecule has 1 heterocycles. The highest BCUT2D eigenvalue weighted by Crippen LogP contribution is 2.30. The molecule has 0 atom stereocenters. The normalized spacial score (nSPS) is 10.6. The fraction of sp³-hybridized carbons (Fsp3) is 0.308. The van der Waals surface area contributed by atoms with E-state index in [1.165, 1.54) is 11.1 Å². The summed E-state index contributed by atoms with van der Waals surface area (Å²) in [7, 11) is 0. The maximum atomic E-state index is 5.76. The standard InChI is InChI=1S/C13H16N2O/c1-3-9-5-6-10(4-2)11(7-9)12-8-15-16-13(12)14/h5-8H,3-4,14H2,1-2H3. The predicted molar refractivity (Wildman–Crippen MR) is 65.1 cm³/mol. The number of aromatic nitrogens is 1. The van der Waals surface area contributed by atoms with Crippen molar-refractivity contribution >= 4 is 5.88 Å². The Hall–Kier alpha value is -1.77. The zero-order valence-corrected chi connectivity index (χ0v) is 9.66. The second-order valence-electron chi connectivity index (χ2n) is 3.80. The molecule has 0 aliphatic carbocycles. The van der Waals surface area contributed by atoms with Gasteiger partial charge >= 0.3 is 0 Å². The van der Waals surface area contributed by atoms with E-state index in [-0.39, 0.29) is 0 Å². The third-order valence-electron chi connectivity index (χ3n) is 2.85. The number of nitrogen functional groups attached to an aromatic ring is 1. The number of aryl methyl sites for hydroxylation is 2. The van der Waals surface area contributed by atoms with Gasteiger partial charge < -0.3 is 10.3 Å². The van der Waals surface area contributed by atoms with Crippen molar-refractivity contribution in [3.8, 4) is 11.1 Å². The quantitative estimate of drug-likeness (QED) is 0.857. The number of hydrogen-bond donors (Lipinski definition) is 1. The third kappa shape index (κ3) is 1.81. The lowest BCUT2D eigenvalue weighted by Gasteiger charge is -2.08. The molecule has 0 spiro atoms. The van der Waals surface area contributed by atoms with Crippen LogP contribution in [0.3, 0.4) is 0 Å². The summed E-state index contributed by atoms with van der Waals surface area (Å²) in [6.45, 7) is 4.27. The lowest BCUT2D eigenvalue weighted by Crippen LogP contribution is -1.92. The van der Waals surface area contributed by atoms with E-state index in [4.69, 9.17) is 10.3 Å². The van der Waals surface area contributed by atoms with Crippen molar-refractivity contribution in [1.82, 2.24) is 5.16 Å². The predicted octanol–water partition coefficient (Wildman–Crippen LogP) is 3.05. The van der Waals surface area contributed by atoms with Crippen LogP contribution in [0.5, 0.6) is 0 Å². The molecule has 2 N–H and O–H groups in total. The summed E-state index contributed by atoms with van der Waals surface area (Å²) in [6, 6.07) is 6.48. The molecule has 0 fully saturated rings. The van der Waals surface area contributed by atoms with E-state index in [0.717, 1.165) is 24.0 Å². The molecular formula is C13H16N2O. The minimum absolute atomic E-state index is 0.392. The molecule has 0 radical (unpaired) electrons. The molecule has 0 aliphatic rings. The van der Waals surface area contributed by atoms with E-state index < -0.39 is 0 Å². The fourth-order valence-electron chi connectivity index (χ4n) is 1.85. The summed E-state index contributed by atoms with van der Waals surface area (Å²) in [4.78, 5) is 0. The number of rotatable bonds is 3. The molecule has 16 heavy (non-hydrogen) atoms. The Morgan fingerprint density at radius 2 is 2.00 bits per heavy atom. The van der Waals surface area contributed by atoms with E-state index >= 15 is 0 Å². The first-order valence-corrected chi connectivity index (χ1v) is 5.58. The van der Waals surface area contributed by atoms with E-state index in [1.54, 1.807) is 6.20 Å². The van der Waals surface area contributed by atoms with Gasteiger partial charge in [0.15, 0.2) is 0 Å². The maximum absolute atomic E-state index is 5.76. The molecule has 84 valence electrons. The second-order valence-corrected chi connectivity index (χ2v) is 3.80. The lowest BCUT2D eigenvalue weighted by atomic mass is 9.97. The first-order chi connectivity index (χ1) is 7.76. The van der Waals surface area contributed by atoms with Crippen molar-refractivity contribution in [3.05, 3.63) is 35.5 Å². The molecule has 0 aliphatic heterocycles. The number of hydrogen-bond acceptors (Lipinski definition) is 3. The number of anilines is 1. The molecule has 0 bridgehead atoms. The molecule has 0 unspecified atom stereocenters. The second kappa shape index (κ2) is 4.39. The van der Waals surface area contributed by atoms with Gasteiger partial charge in [0.1, 0.15) is 0 Å². The SMILES string of the molecule is CCc1ccc(CC)c(-c2cnoc2N)c1. The summed E-state index contributed by atoms with van der Waals surface area (Å²) in [5, 5.41) is 3.73. The largest absolute Gasteiger partial charge is 0.367 e. The Morgan fingerprint density at radius 1 is 1.19 bits per heavy atom. The fourth-order valence-corrected chi connectivity index (χ4v) is 1.85. The highest BCUT2D eigenvalue weighted by Gasteiger charge is 2.11. The van der Waals surface area contributed by atoms with Crippen LogP contribution in [0.1, 0.15) is 25.0 Å². The van der Waals surface area contributed by atoms with Gasteiger partial charge in [-0.1, -0.05) is 37.2 Å². The molecule has 0 saturated carbocycles. The number of benzene rings is 1. The lowest BCUT2D eigenvalue weighted by molar-refractivity contribution is 0.436. The van der Waals surface area contributed by atoms with Crippen molar-refractivity contribution in [1.29, 1.82) is 0 Å². The first kappa shape index (κ1) is 10.7. The Kier molecular flexibility index (Phi) is 2.95. The smallest absolute Gasteiger partial charge is 0.229 e. The highest BCUT2D eigenvalue weighted by atomic mass is 16.5. The number of nitrogens with zero attached hydrogens (tertiary/aromatic N) is 1. The van der Waals surface area contributed by atoms with E-state index in [2.05, 4.69) is 37.2 Å². The summed E-state index contributed by atoms with van der Waals surface area (Å²) in [6.07, 6.45) is 3.68. The zero-order chi connectivity index (χ0) is 11.5. The van der Waals surface area contributed by atoms with Crippen LogP contribution in [0, 0.1) is 0 Å². The van der Waals surface area contributed by atoms with Gasteiger partial charge in [-0.15, -0.1) is 0 Å². The van der Waals surface area contributed by atoms with Crippen LogP contribution in [0.15, 0.2) is 28.9 Å². The monoisotopic (exact) mass is 216 g/mol. The zero-order valence-electron chi connectivity index (χ0n) is 9.66.